The summed E-state index contributed by atoms with van der Waals surface area (Å²) in [4.78, 5) is 58.6. The molecule has 2 heterocycles. The highest BCUT2D eigenvalue weighted by Gasteiger charge is 2.44. The molecule has 4 rings (SSSR count). The predicted molar refractivity (Wildman–Crippen MR) is 139 cm³/mol. The molecule has 11 heteroatoms. The van der Waals surface area contributed by atoms with Crippen LogP contribution in [0.25, 0.3) is 0 Å². The van der Waals surface area contributed by atoms with Crippen molar-refractivity contribution in [2.24, 2.45) is 5.92 Å². The molecule has 0 bridgehead atoms. The van der Waals surface area contributed by atoms with Gasteiger partial charge in [-0.05, 0) is 55.2 Å². The fourth-order valence-corrected chi connectivity index (χ4v) is 5.18. The van der Waals surface area contributed by atoms with Gasteiger partial charge >= 0.3 is 12.0 Å². The number of amides is 4. The molecule has 1 aromatic carbocycles. The van der Waals surface area contributed by atoms with Gasteiger partial charge in [0.15, 0.2) is 6.17 Å². The Hall–Kier alpha value is -4.15. The number of carbonyl (C=O) groups excluding carboxylic acids is 3. The highest BCUT2D eigenvalue weighted by atomic mass is 16.5. The van der Waals surface area contributed by atoms with Crippen LogP contribution in [0, 0.1) is 5.92 Å². The Labute approximate surface area is 221 Å². The minimum Gasteiger partial charge on any atom is -0.497 e. The maximum atomic E-state index is 13.7. The second-order valence-electron chi connectivity index (χ2n) is 9.57. The Morgan fingerprint density at radius 1 is 1.00 bits per heavy atom. The predicted octanol–water partition coefficient (Wildman–Crippen LogP) is 2.95. The molecule has 2 aliphatic rings. The number of anilines is 1. The zero-order chi connectivity index (χ0) is 27.1. The molecule has 2 aromatic rings. The van der Waals surface area contributed by atoms with Crippen molar-refractivity contribution < 1.29 is 29.0 Å². The average molecular weight is 524 g/mol. The van der Waals surface area contributed by atoms with Crippen molar-refractivity contribution in [2.45, 2.75) is 50.7 Å². The number of aromatic nitrogens is 1. The normalized spacial score (nSPS) is 18.5. The minimum absolute atomic E-state index is 0.0242. The maximum Gasteiger partial charge on any atom is 0.323 e. The number of pyridine rings is 1. The molecule has 202 valence electrons. The fraction of sp³-hybridized carbons (Fsp3) is 0.444. The molecule has 1 aliphatic carbocycles. The smallest absolute Gasteiger partial charge is 0.323 e. The van der Waals surface area contributed by atoms with Gasteiger partial charge in [0.1, 0.15) is 5.75 Å². The van der Waals surface area contributed by atoms with Crippen LogP contribution in [0.15, 0.2) is 48.8 Å². The Morgan fingerprint density at radius 3 is 2.29 bits per heavy atom. The first-order valence-electron chi connectivity index (χ1n) is 12.8. The Bertz CT molecular complexity index is 1140. The summed E-state index contributed by atoms with van der Waals surface area (Å²) < 4.78 is 5.15. The molecular weight excluding hydrogens is 490 g/mol. The maximum absolute atomic E-state index is 13.7. The number of benzene rings is 1. The van der Waals surface area contributed by atoms with Crippen molar-refractivity contribution in [3.05, 3.63) is 54.4 Å². The molecule has 3 N–H and O–H groups in total. The Kier molecular flexibility index (Phi) is 8.77. The van der Waals surface area contributed by atoms with Gasteiger partial charge in [-0.25, -0.2) is 4.79 Å². The van der Waals surface area contributed by atoms with Crippen LogP contribution in [0.1, 0.15) is 48.9 Å². The van der Waals surface area contributed by atoms with E-state index in [9.17, 15) is 24.3 Å². The monoisotopic (exact) mass is 523 g/mol. The third-order valence-corrected chi connectivity index (χ3v) is 7.14. The van der Waals surface area contributed by atoms with E-state index in [1.54, 1.807) is 43.5 Å². The van der Waals surface area contributed by atoms with Crippen molar-refractivity contribution in [1.82, 2.24) is 20.1 Å². The number of carboxylic acids is 1. The summed E-state index contributed by atoms with van der Waals surface area (Å²) in [6.45, 7) is 0.270. The molecular formula is C27H33N5O6. The lowest BCUT2D eigenvalue weighted by Gasteiger charge is -2.34. The number of hydrogen-bond donors (Lipinski definition) is 3. The summed E-state index contributed by atoms with van der Waals surface area (Å²) in [6, 6.07) is 8.70. The lowest BCUT2D eigenvalue weighted by Crippen LogP contribution is -2.57. The largest absolute Gasteiger partial charge is 0.497 e. The van der Waals surface area contributed by atoms with Gasteiger partial charge in [-0.3, -0.25) is 24.3 Å². The van der Waals surface area contributed by atoms with Gasteiger partial charge in [0.25, 0.3) is 11.8 Å². The molecule has 1 saturated heterocycles. The molecule has 0 radical (unpaired) electrons. The number of rotatable bonds is 8. The lowest BCUT2D eigenvalue weighted by atomic mass is 9.82. The van der Waals surface area contributed by atoms with Gasteiger partial charge in [-0.2, -0.15) is 0 Å². The molecule has 4 amide bonds. The van der Waals surface area contributed by atoms with Gasteiger partial charge in [-0.15, -0.1) is 0 Å². The minimum atomic E-state index is -1.24. The van der Waals surface area contributed by atoms with Crippen LogP contribution >= 0.6 is 0 Å². The number of methoxy groups -OCH3 is 1. The third-order valence-electron chi connectivity index (χ3n) is 7.14. The summed E-state index contributed by atoms with van der Waals surface area (Å²) in [5.41, 5.74) is 0.837. The number of carboxylic acid groups (broad SMARTS) is 1. The summed E-state index contributed by atoms with van der Waals surface area (Å²) in [5.74, 6) is -1.35. The zero-order valence-electron chi connectivity index (χ0n) is 21.3. The van der Waals surface area contributed by atoms with Gasteiger partial charge < -0.3 is 25.4 Å². The average Bonchev–Trinajstić information content (AvgIpc) is 3.39. The van der Waals surface area contributed by atoms with E-state index in [-0.39, 0.29) is 25.4 Å². The molecule has 2 unspecified atom stereocenters. The first-order chi connectivity index (χ1) is 18.4. The number of hydrogen-bond acceptors (Lipinski definition) is 6. The van der Waals surface area contributed by atoms with E-state index in [2.05, 4.69) is 15.6 Å². The molecule has 38 heavy (non-hydrogen) atoms. The summed E-state index contributed by atoms with van der Waals surface area (Å²) in [7, 11) is 1.54. The van der Waals surface area contributed by atoms with Crippen LogP contribution in [-0.4, -0.2) is 76.1 Å². The fourth-order valence-electron chi connectivity index (χ4n) is 5.18. The van der Waals surface area contributed by atoms with Crippen molar-refractivity contribution in [3.8, 4) is 5.75 Å². The van der Waals surface area contributed by atoms with E-state index in [1.807, 2.05) is 0 Å². The van der Waals surface area contributed by atoms with Crippen molar-refractivity contribution in [3.63, 3.8) is 0 Å². The quantitative estimate of drug-likeness (QED) is 0.483. The summed E-state index contributed by atoms with van der Waals surface area (Å²) in [6.07, 6.45) is 6.19. The second-order valence-corrected chi connectivity index (χ2v) is 9.57. The molecule has 11 nitrogen and oxygen atoms in total. The molecule has 2 fully saturated rings. The number of nitrogens with one attached hydrogen (secondary N) is 2. The zero-order valence-corrected chi connectivity index (χ0v) is 21.3. The van der Waals surface area contributed by atoms with Gasteiger partial charge in [0, 0.05) is 42.8 Å². The van der Waals surface area contributed by atoms with Crippen molar-refractivity contribution in [2.75, 3.05) is 25.5 Å². The number of carbonyl (C=O) groups is 4. The van der Waals surface area contributed by atoms with E-state index < -0.39 is 36.0 Å². The van der Waals surface area contributed by atoms with E-state index in [4.69, 9.17) is 4.74 Å². The SMILES string of the molecule is COc1ccc(NC(=O)N2CCN(C(=O)c3ccncc3)C2C(=O)NC(CC(=O)O)C2CCCCC2)cc1. The number of urea groups is 1. The van der Waals surface area contributed by atoms with Crippen LogP contribution in [0.2, 0.25) is 0 Å². The standard InChI is InChI=1S/C27H33N5O6/c1-38-21-9-7-20(8-10-21)29-27(37)32-16-15-31(26(36)19-11-13-28-14-12-19)25(32)24(35)30-22(17-23(33)34)18-5-3-2-4-6-18/h7-14,18,22,25H,2-6,15-17H2,1H3,(H,29,37)(H,30,35)(H,33,34). The van der Waals surface area contributed by atoms with Crippen LogP contribution in [0.3, 0.4) is 0 Å². The van der Waals surface area contributed by atoms with Crippen LogP contribution in [-0.2, 0) is 9.59 Å². The van der Waals surface area contributed by atoms with Crippen LogP contribution in [0.5, 0.6) is 5.75 Å². The third kappa shape index (κ3) is 6.39. The highest BCUT2D eigenvalue weighted by molar-refractivity contribution is 6.00. The van der Waals surface area contributed by atoms with Crippen molar-refractivity contribution >= 4 is 29.5 Å². The number of aliphatic carboxylic acids is 1. The van der Waals surface area contributed by atoms with E-state index in [0.29, 0.717) is 17.0 Å². The van der Waals surface area contributed by atoms with Gasteiger partial charge in [0.05, 0.1) is 13.5 Å². The number of ether oxygens (including phenoxy) is 1. The van der Waals surface area contributed by atoms with Gasteiger partial charge in [0.2, 0.25) is 0 Å². The molecule has 0 spiro atoms. The first kappa shape index (κ1) is 26.9. The first-order valence-corrected chi connectivity index (χ1v) is 12.8. The topological polar surface area (TPSA) is 141 Å². The molecule has 1 saturated carbocycles. The number of nitrogens with zero attached hydrogens (tertiary/aromatic N) is 3. The van der Waals surface area contributed by atoms with E-state index in [0.717, 1.165) is 32.1 Å². The van der Waals surface area contributed by atoms with Crippen LogP contribution < -0.4 is 15.4 Å². The van der Waals surface area contributed by atoms with Gasteiger partial charge in [-0.1, -0.05) is 19.3 Å². The van der Waals surface area contributed by atoms with Crippen LogP contribution in [0.4, 0.5) is 10.5 Å². The van der Waals surface area contributed by atoms with E-state index in [1.165, 1.54) is 22.2 Å². The summed E-state index contributed by atoms with van der Waals surface area (Å²) >= 11 is 0. The lowest BCUT2D eigenvalue weighted by molar-refractivity contribution is -0.138. The summed E-state index contributed by atoms with van der Waals surface area (Å²) in [5, 5.41) is 15.2. The molecule has 1 aromatic heterocycles. The Balaban J connectivity index is 1.58. The highest BCUT2D eigenvalue weighted by Crippen LogP contribution is 2.29. The second kappa shape index (κ2) is 12.4. The molecule has 2 atom stereocenters. The van der Waals surface area contributed by atoms with Crippen molar-refractivity contribution in [1.29, 1.82) is 0 Å². The molecule has 1 aliphatic heterocycles. The van der Waals surface area contributed by atoms with E-state index >= 15 is 0 Å². The Morgan fingerprint density at radius 2 is 1.66 bits per heavy atom.